The first-order valence-corrected chi connectivity index (χ1v) is 12.4. The molecule has 0 amide bonds. The van der Waals surface area contributed by atoms with Crippen LogP contribution in [0.25, 0.3) is 5.70 Å². The lowest BCUT2D eigenvalue weighted by Crippen LogP contribution is -2.17. The number of allylic oxidation sites excluding steroid dienone is 5. The van der Waals surface area contributed by atoms with Gasteiger partial charge in [0, 0.05) is 28.5 Å². The van der Waals surface area contributed by atoms with E-state index in [4.69, 9.17) is 28.4 Å². The number of nitrogens with one attached hydrogen (secondary N) is 1. The van der Waals surface area contributed by atoms with Gasteiger partial charge < -0.3 is 33.7 Å². The Labute approximate surface area is 233 Å². The summed E-state index contributed by atoms with van der Waals surface area (Å²) in [7, 11) is 9.21. The molecular weight excluding hydrogens is 512 g/mol. The van der Waals surface area contributed by atoms with Gasteiger partial charge in [0.1, 0.15) is 0 Å². The van der Waals surface area contributed by atoms with Crippen molar-refractivity contribution in [3.8, 4) is 34.5 Å². The summed E-state index contributed by atoms with van der Waals surface area (Å²) in [6.45, 7) is 0.413. The zero-order valence-electron chi connectivity index (χ0n) is 23.4. The van der Waals surface area contributed by atoms with Crippen LogP contribution in [0.3, 0.4) is 0 Å². The number of ether oxygens (including phenoxy) is 6. The first-order chi connectivity index (χ1) is 19.5. The molecule has 0 bridgehead atoms. The Bertz CT molecular complexity index is 1430. The molecule has 4 rings (SSSR count). The summed E-state index contributed by atoms with van der Waals surface area (Å²) in [4.78, 5) is 18.4. The van der Waals surface area contributed by atoms with Gasteiger partial charge in [0.2, 0.25) is 11.5 Å². The molecule has 40 heavy (non-hydrogen) atoms. The average Bonchev–Trinajstić information content (AvgIpc) is 3.49. The molecule has 0 unspecified atom stereocenters. The minimum atomic E-state index is -0.219. The van der Waals surface area contributed by atoms with E-state index in [1.165, 1.54) is 21.3 Å². The van der Waals surface area contributed by atoms with Crippen LogP contribution in [0.5, 0.6) is 34.5 Å². The van der Waals surface area contributed by atoms with Gasteiger partial charge in [-0.3, -0.25) is 9.78 Å². The molecule has 0 saturated carbocycles. The van der Waals surface area contributed by atoms with Crippen LogP contribution in [-0.2, 0) is 6.54 Å². The summed E-state index contributed by atoms with van der Waals surface area (Å²) in [5.74, 6) is 2.40. The number of aromatic nitrogens is 1. The van der Waals surface area contributed by atoms with E-state index in [1.54, 1.807) is 45.7 Å². The highest BCUT2D eigenvalue weighted by atomic mass is 16.5. The van der Waals surface area contributed by atoms with Gasteiger partial charge >= 0.3 is 0 Å². The number of methoxy groups -OCH3 is 6. The molecule has 1 aromatic heterocycles. The van der Waals surface area contributed by atoms with E-state index in [9.17, 15) is 4.79 Å². The normalized spacial score (nSPS) is 13.3. The smallest absolute Gasteiger partial charge is 0.203 e. The number of Topliss-reactive ketones (excluding diaryl/α,β-unsaturated/α-hetero) is 1. The van der Waals surface area contributed by atoms with Crippen molar-refractivity contribution >= 4 is 11.5 Å². The fourth-order valence-corrected chi connectivity index (χ4v) is 4.46. The number of ketones is 1. The van der Waals surface area contributed by atoms with Crippen molar-refractivity contribution < 1.29 is 33.2 Å². The summed E-state index contributed by atoms with van der Waals surface area (Å²) in [6, 6.07) is 12.7. The summed E-state index contributed by atoms with van der Waals surface area (Å²) in [5, 5.41) is 3.49. The van der Waals surface area contributed by atoms with Crippen LogP contribution in [0.15, 0.2) is 78.0 Å². The molecule has 1 aliphatic rings. The highest BCUT2D eigenvalue weighted by Crippen LogP contribution is 2.42. The molecule has 208 valence electrons. The van der Waals surface area contributed by atoms with Crippen molar-refractivity contribution in [1.29, 1.82) is 0 Å². The number of rotatable bonds is 12. The maximum atomic E-state index is 13.9. The van der Waals surface area contributed by atoms with Gasteiger partial charge in [-0.15, -0.1) is 0 Å². The van der Waals surface area contributed by atoms with Crippen molar-refractivity contribution in [3.63, 3.8) is 0 Å². The van der Waals surface area contributed by atoms with Crippen molar-refractivity contribution in [2.24, 2.45) is 0 Å². The van der Waals surface area contributed by atoms with Crippen LogP contribution in [0.4, 0.5) is 0 Å². The van der Waals surface area contributed by atoms with Crippen LogP contribution in [-0.4, -0.2) is 53.4 Å². The van der Waals surface area contributed by atoms with Gasteiger partial charge in [0.25, 0.3) is 0 Å². The number of benzene rings is 2. The molecule has 9 heteroatoms. The standard InChI is InChI=1S/C31H32N2O7/c1-35-24-14-19(15-25(36-2)30(24)39-5)28(33-18-21-10-7-8-13-32-21)22-11-9-12-23(22)29(34)20-16-26(37-3)31(40-6)27(17-20)38-4/h7-17,33H,18H2,1-6H3/b28-22-. The van der Waals surface area contributed by atoms with Crippen LogP contribution in [0.2, 0.25) is 0 Å². The number of carbonyl (C=O) groups excluding carboxylic acids is 1. The number of pyridine rings is 1. The maximum Gasteiger partial charge on any atom is 0.203 e. The van der Waals surface area contributed by atoms with E-state index >= 15 is 0 Å². The SMILES string of the molecule is COc1cc(C(=O)C2=CC=C/C2=C(/NCc2ccccn2)c2cc(OC)c(OC)c(OC)c2)cc(OC)c1OC. The maximum absolute atomic E-state index is 13.9. The lowest BCUT2D eigenvalue weighted by Gasteiger charge is -2.20. The largest absolute Gasteiger partial charge is 0.493 e. The lowest BCUT2D eigenvalue weighted by atomic mass is 9.94. The lowest BCUT2D eigenvalue weighted by molar-refractivity contribution is 0.103. The number of nitrogens with zero attached hydrogens (tertiary/aromatic N) is 1. The van der Waals surface area contributed by atoms with Gasteiger partial charge in [0.05, 0.1) is 60.6 Å². The summed E-state index contributed by atoms with van der Waals surface area (Å²) in [5.41, 5.74) is 3.80. The summed E-state index contributed by atoms with van der Waals surface area (Å²) < 4.78 is 33.1. The fraction of sp³-hybridized carbons (Fsp3) is 0.226. The topological polar surface area (TPSA) is 97.4 Å². The van der Waals surface area contributed by atoms with Gasteiger partial charge in [-0.2, -0.15) is 0 Å². The highest BCUT2D eigenvalue weighted by Gasteiger charge is 2.26. The van der Waals surface area contributed by atoms with E-state index in [1.807, 2.05) is 42.5 Å². The Morgan fingerprint density at radius 3 is 1.77 bits per heavy atom. The number of carbonyl (C=O) groups is 1. The molecule has 1 heterocycles. The predicted molar refractivity (Wildman–Crippen MR) is 152 cm³/mol. The molecule has 0 aliphatic heterocycles. The van der Waals surface area contributed by atoms with Gasteiger partial charge in [-0.05, 0) is 36.4 Å². The molecule has 0 spiro atoms. The van der Waals surface area contributed by atoms with Crippen LogP contribution in [0.1, 0.15) is 21.6 Å². The van der Waals surface area contributed by atoms with E-state index in [2.05, 4.69) is 10.3 Å². The molecule has 1 N–H and O–H groups in total. The minimum absolute atomic E-state index is 0.219. The Kier molecular flexibility index (Phi) is 8.96. The van der Waals surface area contributed by atoms with Crippen molar-refractivity contribution in [2.45, 2.75) is 6.54 Å². The second-order valence-electron chi connectivity index (χ2n) is 8.56. The molecule has 1 aliphatic carbocycles. The molecule has 3 aromatic rings. The molecule has 0 radical (unpaired) electrons. The van der Waals surface area contributed by atoms with Gasteiger partial charge in [-0.25, -0.2) is 0 Å². The van der Waals surface area contributed by atoms with Crippen molar-refractivity contribution in [2.75, 3.05) is 42.7 Å². The zero-order chi connectivity index (χ0) is 28.6. The van der Waals surface area contributed by atoms with E-state index in [0.29, 0.717) is 63.4 Å². The van der Waals surface area contributed by atoms with Gasteiger partial charge in [-0.1, -0.05) is 24.3 Å². The van der Waals surface area contributed by atoms with Crippen LogP contribution in [0, 0.1) is 0 Å². The van der Waals surface area contributed by atoms with Crippen molar-refractivity contribution in [1.82, 2.24) is 10.3 Å². The van der Waals surface area contributed by atoms with Gasteiger partial charge in [0.15, 0.2) is 28.8 Å². The third-order valence-electron chi connectivity index (χ3n) is 6.38. The Balaban J connectivity index is 1.85. The van der Waals surface area contributed by atoms with E-state index in [0.717, 1.165) is 11.3 Å². The quantitative estimate of drug-likeness (QED) is 0.316. The summed E-state index contributed by atoms with van der Waals surface area (Å²) in [6.07, 6.45) is 7.23. The minimum Gasteiger partial charge on any atom is -0.493 e. The molecule has 2 aromatic carbocycles. The highest BCUT2D eigenvalue weighted by molar-refractivity contribution is 6.15. The Hall–Kier alpha value is -4.92. The van der Waals surface area contributed by atoms with E-state index < -0.39 is 0 Å². The Morgan fingerprint density at radius 1 is 0.750 bits per heavy atom. The average molecular weight is 545 g/mol. The molecule has 9 nitrogen and oxygen atoms in total. The molecule has 0 saturated heterocycles. The molecular formula is C31H32N2O7. The second kappa shape index (κ2) is 12.8. The first kappa shape index (κ1) is 28.1. The predicted octanol–water partition coefficient (Wildman–Crippen LogP) is 5.01. The fourth-order valence-electron chi connectivity index (χ4n) is 4.46. The molecule has 0 fully saturated rings. The Morgan fingerprint density at radius 2 is 1.30 bits per heavy atom. The third kappa shape index (κ3) is 5.58. The van der Waals surface area contributed by atoms with Crippen molar-refractivity contribution in [3.05, 3.63) is 94.9 Å². The monoisotopic (exact) mass is 544 g/mol. The molecule has 0 atom stereocenters. The zero-order valence-corrected chi connectivity index (χ0v) is 23.4. The number of hydrogen-bond acceptors (Lipinski definition) is 9. The summed E-state index contributed by atoms with van der Waals surface area (Å²) >= 11 is 0. The second-order valence-corrected chi connectivity index (χ2v) is 8.56. The third-order valence-corrected chi connectivity index (χ3v) is 6.38. The number of hydrogen-bond donors (Lipinski definition) is 1. The first-order valence-electron chi connectivity index (χ1n) is 12.4. The van der Waals surface area contributed by atoms with E-state index in [-0.39, 0.29) is 5.78 Å². The van der Waals surface area contributed by atoms with Crippen LogP contribution >= 0.6 is 0 Å². The van der Waals surface area contributed by atoms with Crippen LogP contribution < -0.4 is 33.7 Å².